The van der Waals surface area contributed by atoms with Gasteiger partial charge in [-0.15, -0.1) is 0 Å². The SMILES string of the molecule is COc1ccc([C@@H](NC(=O)C[C@H]2c3ccccc3C=CN2C(C)=O)c2nccn2C)cc1. The summed E-state index contributed by atoms with van der Waals surface area (Å²) in [6.07, 6.45) is 7.34. The fourth-order valence-electron chi connectivity index (χ4n) is 4.06. The number of carbonyl (C=O) groups is 2. The first-order valence-electron chi connectivity index (χ1n) is 10.4. The van der Waals surface area contributed by atoms with Gasteiger partial charge in [0.1, 0.15) is 17.6 Å². The number of methoxy groups -OCH3 is 1. The van der Waals surface area contributed by atoms with Crippen molar-refractivity contribution in [2.45, 2.75) is 25.4 Å². The number of nitrogens with zero attached hydrogens (tertiary/aromatic N) is 3. The molecule has 1 aliphatic rings. The second-order valence-corrected chi connectivity index (χ2v) is 7.76. The summed E-state index contributed by atoms with van der Waals surface area (Å²) in [4.78, 5) is 31.6. The van der Waals surface area contributed by atoms with Crippen LogP contribution in [0.15, 0.2) is 67.1 Å². The van der Waals surface area contributed by atoms with E-state index in [9.17, 15) is 9.59 Å². The molecular formula is C25H26N4O3. The highest BCUT2D eigenvalue weighted by Crippen LogP contribution is 2.33. The molecule has 1 N–H and O–H groups in total. The Hall–Kier alpha value is -3.87. The highest BCUT2D eigenvalue weighted by molar-refractivity contribution is 5.82. The summed E-state index contributed by atoms with van der Waals surface area (Å²) in [6, 6.07) is 14.6. The molecule has 7 heteroatoms. The molecule has 32 heavy (non-hydrogen) atoms. The van der Waals surface area contributed by atoms with Gasteiger partial charge in [0, 0.05) is 32.6 Å². The van der Waals surface area contributed by atoms with E-state index in [4.69, 9.17) is 4.74 Å². The number of aromatic nitrogens is 2. The minimum absolute atomic E-state index is 0.107. The summed E-state index contributed by atoms with van der Waals surface area (Å²) in [5.74, 6) is 1.18. The second-order valence-electron chi connectivity index (χ2n) is 7.76. The third-order valence-corrected chi connectivity index (χ3v) is 5.72. The molecule has 7 nitrogen and oxygen atoms in total. The second kappa shape index (κ2) is 9.09. The van der Waals surface area contributed by atoms with Gasteiger partial charge in [-0.2, -0.15) is 0 Å². The van der Waals surface area contributed by atoms with Gasteiger partial charge in [0.05, 0.1) is 19.6 Å². The standard InChI is InChI=1S/C25H26N4O3/c1-17(30)29-14-12-18-6-4-5-7-21(18)22(29)16-23(31)27-24(25-26-13-15-28(25)2)19-8-10-20(32-3)11-9-19/h4-15,22,24H,16H2,1-3H3,(H,27,31)/t22-,24+/m0/s1. The van der Waals surface area contributed by atoms with Crippen molar-refractivity contribution in [1.82, 2.24) is 19.8 Å². The van der Waals surface area contributed by atoms with Crippen molar-refractivity contribution in [3.8, 4) is 5.75 Å². The lowest BCUT2D eigenvalue weighted by Crippen LogP contribution is -2.37. The van der Waals surface area contributed by atoms with Crippen molar-refractivity contribution >= 4 is 17.9 Å². The maximum atomic E-state index is 13.3. The van der Waals surface area contributed by atoms with Crippen molar-refractivity contribution in [2.24, 2.45) is 7.05 Å². The Morgan fingerprint density at radius 2 is 1.91 bits per heavy atom. The van der Waals surface area contributed by atoms with E-state index in [0.717, 1.165) is 28.3 Å². The van der Waals surface area contributed by atoms with Crippen molar-refractivity contribution in [1.29, 1.82) is 0 Å². The molecule has 2 amide bonds. The number of amides is 2. The molecule has 2 atom stereocenters. The molecule has 4 rings (SSSR count). The van der Waals surface area contributed by atoms with E-state index >= 15 is 0 Å². The summed E-state index contributed by atoms with van der Waals surface area (Å²) >= 11 is 0. The van der Waals surface area contributed by atoms with Crippen LogP contribution in [-0.4, -0.2) is 33.4 Å². The number of aryl methyl sites for hydroxylation is 1. The summed E-state index contributed by atoms with van der Waals surface area (Å²) in [7, 11) is 3.51. The average Bonchev–Trinajstić information content (AvgIpc) is 3.23. The van der Waals surface area contributed by atoms with Crippen molar-refractivity contribution in [3.05, 3.63) is 89.6 Å². The van der Waals surface area contributed by atoms with Crippen molar-refractivity contribution in [2.75, 3.05) is 7.11 Å². The first-order valence-corrected chi connectivity index (χ1v) is 10.4. The van der Waals surface area contributed by atoms with Gasteiger partial charge in [-0.05, 0) is 34.9 Å². The number of ether oxygens (including phenoxy) is 1. The van der Waals surface area contributed by atoms with Crippen LogP contribution in [0.4, 0.5) is 0 Å². The Labute approximate surface area is 187 Å². The molecule has 0 bridgehead atoms. The number of imidazole rings is 1. The predicted octanol–water partition coefficient (Wildman–Crippen LogP) is 3.60. The Morgan fingerprint density at radius 1 is 1.16 bits per heavy atom. The minimum Gasteiger partial charge on any atom is -0.497 e. The summed E-state index contributed by atoms with van der Waals surface area (Å²) < 4.78 is 7.15. The molecular weight excluding hydrogens is 404 g/mol. The van der Waals surface area contributed by atoms with Crippen LogP contribution in [0.2, 0.25) is 0 Å². The molecule has 0 saturated carbocycles. The maximum absolute atomic E-state index is 13.3. The smallest absolute Gasteiger partial charge is 0.223 e. The van der Waals surface area contributed by atoms with Crippen LogP contribution in [-0.2, 0) is 16.6 Å². The number of rotatable bonds is 6. The zero-order valence-electron chi connectivity index (χ0n) is 18.4. The van der Waals surface area contributed by atoms with Gasteiger partial charge in [0.25, 0.3) is 0 Å². The van der Waals surface area contributed by atoms with E-state index in [1.165, 1.54) is 6.92 Å². The molecule has 1 aliphatic heterocycles. The van der Waals surface area contributed by atoms with E-state index in [0.29, 0.717) is 0 Å². The van der Waals surface area contributed by atoms with Gasteiger partial charge in [-0.1, -0.05) is 36.4 Å². The number of nitrogens with one attached hydrogen (secondary N) is 1. The maximum Gasteiger partial charge on any atom is 0.223 e. The van der Waals surface area contributed by atoms with Crippen LogP contribution in [0.1, 0.15) is 47.9 Å². The first kappa shape index (κ1) is 21.4. The van der Waals surface area contributed by atoms with E-state index < -0.39 is 6.04 Å². The molecule has 0 unspecified atom stereocenters. The van der Waals surface area contributed by atoms with E-state index in [1.54, 1.807) is 24.4 Å². The van der Waals surface area contributed by atoms with Gasteiger partial charge < -0.3 is 19.5 Å². The van der Waals surface area contributed by atoms with Crippen molar-refractivity contribution in [3.63, 3.8) is 0 Å². The lowest BCUT2D eigenvalue weighted by atomic mass is 9.93. The Morgan fingerprint density at radius 3 is 2.56 bits per heavy atom. The number of benzene rings is 2. The highest BCUT2D eigenvalue weighted by Gasteiger charge is 2.30. The van der Waals surface area contributed by atoms with Gasteiger partial charge in [-0.3, -0.25) is 9.59 Å². The highest BCUT2D eigenvalue weighted by atomic mass is 16.5. The van der Waals surface area contributed by atoms with Gasteiger partial charge in [-0.25, -0.2) is 4.98 Å². The van der Waals surface area contributed by atoms with E-state index in [-0.39, 0.29) is 24.3 Å². The summed E-state index contributed by atoms with van der Waals surface area (Å²) in [5.41, 5.74) is 2.86. The monoisotopic (exact) mass is 430 g/mol. The van der Waals surface area contributed by atoms with Crippen LogP contribution in [0.3, 0.4) is 0 Å². The third-order valence-electron chi connectivity index (χ3n) is 5.72. The van der Waals surface area contributed by atoms with Crippen LogP contribution in [0.25, 0.3) is 6.08 Å². The Balaban J connectivity index is 1.61. The van der Waals surface area contributed by atoms with Crippen LogP contribution < -0.4 is 10.1 Å². The normalized spacial score (nSPS) is 15.7. The molecule has 2 heterocycles. The van der Waals surface area contributed by atoms with E-state index in [2.05, 4.69) is 10.3 Å². The zero-order chi connectivity index (χ0) is 22.7. The number of hydrogen-bond donors (Lipinski definition) is 1. The third kappa shape index (κ3) is 4.27. The lowest BCUT2D eigenvalue weighted by Gasteiger charge is -2.32. The number of carbonyl (C=O) groups excluding carboxylic acids is 2. The largest absolute Gasteiger partial charge is 0.497 e. The number of hydrogen-bond acceptors (Lipinski definition) is 4. The van der Waals surface area contributed by atoms with Gasteiger partial charge in [0.2, 0.25) is 11.8 Å². The molecule has 3 aromatic rings. The molecule has 0 radical (unpaired) electrons. The summed E-state index contributed by atoms with van der Waals surface area (Å²) in [5, 5.41) is 3.13. The molecule has 0 fully saturated rings. The van der Waals surface area contributed by atoms with Crippen LogP contribution in [0.5, 0.6) is 5.75 Å². The van der Waals surface area contributed by atoms with Crippen molar-refractivity contribution < 1.29 is 14.3 Å². The van der Waals surface area contributed by atoms with Gasteiger partial charge >= 0.3 is 0 Å². The molecule has 0 spiro atoms. The van der Waals surface area contributed by atoms with Crippen LogP contribution in [0, 0.1) is 0 Å². The molecule has 0 aliphatic carbocycles. The predicted molar refractivity (Wildman–Crippen MR) is 122 cm³/mol. The molecule has 1 aromatic heterocycles. The van der Waals surface area contributed by atoms with E-state index in [1.807, 2.05) is 72.4 Å². The fraction of sp³-hybridized carbons (Fsp3) is 0.240. The minimum atomic E-state index is -0.437. The Bertz CT molecular complexity index is 1150. The Kier molecular flexibility index (Phi) is 6.07. The molecule has 164 valence electrons. The zero-order valence-corrected chi connectivity index (χ0v) is 18.4. The fourth-order valence-corrected chi connectivity index (χ4v) is 4.06. The summed E-state index contributed by atoms with van der Waals surface area (Å²) in [6.45, 7) is 1.51. The first-order chi connectivity index (χ1) is 15.5. The van der Waals surface area contributed by atoms with Crippen LogP contribution >= 0.6 is 0 Å². The lowest BCUT2D eigenvalue weighted by molar-refractivity contribution is -0.130. The molecule has 2 aromatic carbocycles. The van der Waals surface area contributed by atoms with Gasteiger partial charge in [0.15, 0.2) is 0 Å². The number of fused-ring (bicyclic) bond motifs is 1. The average molecular weight is 431 g/mol. The molecule has 0 saturated heterocycles. The topological polar surface area (TPSA) is 76.5 Å². The quantitative estimate of drug-likeness (QED) is 0.648.